The van der Waals surface area contributed by atoms with Gasteiger partial charge in [-0.2, -0.15) is 4.98 Å². The highest BCUT2D eigenvalue weighted by Crippen LogP contribution is 2.37. The molecule has 0 saturated carbocycles. The van der Waals surface area contributed by atoms with Gasteiger partial charge in [0.05, 0.1) is 10.8 Å². The van der Waals surface area contributed by atoms with Gasteiger partial charge in [-0.3, -0.25) is 4.79 Å². The Kier molecular flexibility index (Phi) is 3.83. The van der Waals surface area contributed by atoms with Crippen LogP contribution >= 0.6 is 0 Å². The van der Waals surface area contributed by atoms with E-state index in [1.165, 1.54) is 10.8 Å². The average Bonchev–Trinajstić information content (AvgIpc) is 3.13. The normalized spacial score (nSPS) is 21.0. The van der Waals surface area contributed by atoms with Gasteiger partial charge in [0.2, 0.25) is 11.8 Å². The standard InChI is InChI=1S/C21H23N3O2/c1-20(2,16-10-6-8-14-7-4-5-9-15(14)16)18-23-19(26-24-18)21(3)11-12-22-17(25)13-21/h4-10H,11-13H2,1-3H3,(H,22,25). The van der Waals surface area contributed by atoms with Crippen LogP contribution in [0, 0.1) is 0 Å². The maximum atomic E-state index is 11.8. The molecule has 0 radical (unpaired) electrons. The molecule has 26 heavy (non-hydrogen) atoms. The number of nitrogens with one attached hydrogen (secondary N) is 1. The number of carbonyl (C=O) groups is 1. The van der Waals surface area contributed by atoms with E-state index >= 15 is 0 Å². The third-order valence-electron chi connectivity index (χ3n) is 5.51. The molecule has 0 bridgehead atoms. The van der Waals surface area contributed by atoms with Crippen LogP contribution in [0.15, 0.2) is 47.0 Å². The summed E-state index contributed by atoms with van der Waals surface area (Å²) < 4.78 is 5.63. The quantitative estimate of drug-likeness (QED) is 0.782. The van der Waals surface area contributed by atoms with Crippen molar-refractivity contribution in [3.05, 3.63) is 59.7 Å². The summed E-state index contributed by atoms with van der Waals surface area (Å²) in [6.45, 7) is 6.88. The second-order valence-corrected chi connectivity index (χ2v) is 7.91. The fourth-order valence-electron chi connectivity index (χ4n) is 3.78. The first-order chi connectivity index (χ1) is 12.4. The SMILES string of the molecule is CC1(c2nc(C(C)(C)c3cccc4ccccc34)no2)CCNC(=O)C1. The molecule has 2 heterocycles. The summed E-state index contributed by atoms with van der Waals surface area (Å²) in [6.07, 6.45) is 1.18. The number of hydrogen-bond donors (Lipinski definition) is 1. The minimum absolute atomic E-state index is 0.0341. The second kappa shape index (κ2) is 5.94. The zero-order chi connectivity index (χ0) is 18.4. The van der Waals surface area contributed by atoms with Gasteiger partial charge in [-0.15, -0.1) is 0 Å². The molecule has 1 aliphatic heterocycles. The van der Waals surface area contributed by atoms with Gasteiger partial charge in [0, 0.05) is 13.0 Å². The Morgan fingerprint density at radius 3 is 2.73 bits per heavy atom. The largest absolute Gasteiger partial charge is 0.356 e. The topological polar surface area (TPSA) is 68.0 Å². The Bertz CT molecular complexity index is 971. The highest BCUT2D eigenvalue weighted by Gasteiger charge is 2.40. The van der Waals surface area contributed by atoms with E-state index in [0.29, 0.717) is 24.7 Å². The molecular weight excluding hydrogens is 326 g/mol. The number of carbonyl (C=O) groups excluding carboxylic acids is 1. The maximum absolute atomic E-state index is 11.8. The van der Waals surface area contributed by atoms with Crippen molar-refractivity contribution in [3.8, 4) is 0 Å². The lowest BCUT2D eigenvalue weighted by Gasteiger charge is -2.29. The van der Waals surface area contributed by atoms with Crippen molar-refractivity contribution in [2.45, 2.75) is 44.4 Å². The number of hydrogen-bond acceptors (Lipinski definition) is 4. The number of benzene rings is 2. The van der Waals surface area contributed by atoms with Gasteiger partial charge in [-0.25, -0.2) is 0 Å². The molecule has 0 spiro atoms. The lowest BCUT2D eigenvalue weighted by atomic mass is 9.79. The van der Waals surface area contributed by atoms with Crippen LogP contribution in [0.3, 0.4) is 0 Å². The monoisotopic (exact) mass is 349 g/mol. The minimum atomic E-state index is -0.407. The number of rotatable bonds is 3. The molecule has 1 aliphatic rings. The Balaban J connectivity index is 1.75. The molecule has 2 aromatic carbocycles. The molecule has 1 aromatic heterocycles. The molecule has 1 atom stereocenters. The lowest BCUT2D eigenvalue weighted by molar-refractivity contribution is -0.124. The zero-order valence-corrected chi connectivity index (χ0v) is 15.4. The smallest absolute Gasteiger partial charge is 0.233 e. The molecule has 1 fully saturated rings. The minimum Gasteiger partial charge on any atom is -0.356 e. The van der Waals surface area contributed by atoms with E-state index in [2.05, 4.69) is 54.7 Å². The van der Waals surface area contributed by atoms with Crippen LogP contribution in [0.1, 0.15) is 50.9 Å². The average molecular weight is 349 g/mol. The van der Waals surface area contributed by atoms with E-state index in [-0.39, 0.29) is 5.91 Å². The zero-order valence-electron chi connectivity index (χ0n) is 15.4. The summed E-state index contributed by atoms with van der Waals surface area (Å²) in [4.78, 5) is 16.6. The van der Waals surface area contributed by atoms with Gasteiger partial charge < -0.3 is 9.84 Å². The van der Waals surface area contributed by atoms with Gasteiger partial charge in [0.25, 0.3) is 0 Å². The van der Waals surface area contributed by atoms with Gasteiger partial charge in [0.15, 0.2) is 5.82 Å². The van der Waals surface area contributed by atoms with Crippen molar-refractivity contribution in [3.63, 3.8) is 0 Å². The van der Waals surface area contributed by atoms with Crippen LogP contribution in [-0.2, 0) is 15.6 Å². The first-order valence-electron chi connectivity index (χ1n) is 9.00. The van der Waals surface area contributed by atoms with E-state index in [4.69, 9.17) is 9.51 Å². The summed E-state index contributed by atoms with van der Waals surface area (Å²) in [5, 5.41) is 9.54. The van der Waals surface area contributed by atoms with Gasteiger partial charge in [-0.1, -0.05) is 54.5 Å². The number of piperidine rings is 1. The number of aromatic nitrogens is 2. The third-order valence-corrected chi connectivity index (χ3v) is 5.51. The highest BCUT2D eigenvalue weighted by atomic mass is 16.5. The summed E-state index contributed by atoms with van der Waals surface area (Å²) in [6, 6.07) is 14.6. The molecule has 5 nitrogen and oxygen atoms in total. The molecule has 0 aliphatic carbocycles. The summed E-state index contributed by atoms with van der Waals surface area (Å²) in [7, 11) is 0. The van der Waals surface area contributed by atoms with Crippen molar-refractivity contribution in [2.75, 3.05) is 6.54 Å². The van der Waals surface area contributed by atoms with Crippen molar-refractivity contribution >= 4 is 16.7 Å². The van der Waals surface area contributed by atoms with Crippen LogP contribution in [0.5, 0.6) is 0 Å². The first kappa shape index (κ1) is 16.8. The Morgan fingerprint density at radius 1 is 1.15 bits per heavy atom. The summed E-state index contributed by atoms with van der Waals surface area (Å²) in [5.74, 6) is 1.23. The Morgan fingerprint density at radius 2 is 1.92 bits per heavy atom. The predicted molar refractivity (Wildman–Crippen MR) is 100.0 cm³/mol. The van der Waals surface area contributed by atoms with Crippen LogP contribution in [0.2, 0.25) is 0 Å². The molecule has 1 amide bonds. The number of fused-ring (bicyclic) bond motifs is 1. The van der Waals surface area contributed by atoms with Crippen molar-refractivity contribution in [1.29, 1.82) is 0 Å². The van der Waals surface area contributed by atoms with Gasteiger partial charge >= 0.3 is 0 Å². The molecule has 1 N–H and O–H groups in total. The van der Waals surface area contributed by atoms with E-state index in [1.54, 1.807) is 0 Å². The lowest BCUT2D eigenvalue weighted by Crippen LogP contribution is -2.42. The highest BCUT2D eigenvalue weighted by molar-refractivity contribution is 5.87. The summed E-state index contributed by atoms with van der Waals surface area (Å²) >= 11 is 0. The van der Waals surface area contributed by atoms with Crippen LogP contribution in [-0.4, -0.2) is 22.6 Å². The maximum Gasteiger partial charge on any atom is 0.233 e. The van der Waals surface area contributed by atoms with Crippen LogP contribution in [0.25, 0.3) is 10.8 Å². The van der Waals surface area contributed by atoms with E-state index < -0.39 is 10.8 Å². The van der Waals surface area contributed by atoms with Crippen LogP contribution < -0.4 is 5.32 Å². The molecule has 5 heteroatoms. The molecule has 1 saturated heterocycles. The molecular formula is C21H23N3O2. The molecule has 3 aromatic rings. The van der Waals surface area contributed by atoms with Gasteiger partial charge in [-0.05, 0) is 36.6 Å². The number of amides is 1. The van der Waals surface area contributed by atoms with E-state index in [9.17, 15) is 4.79 Å². The van der Waals surface area contributed by atoms with E-state index in [0.717, 1.165) is 12.0 Å². The van der Waals surface area contributed by atoms with Crippen molar-refractivity contribution in [2.24, 2.45) is 0 Å². The van der Waals surface area contributed by atoms with Gasteiger partial charge in [0.1, 0.15) is 0 Å². The predicted octanol–water partition coefficient (Wildman–Crippen LogP) is 3.72. The van der Waals surface area contributed by atoms with Crippen molar-refractivity contribution in [1.82, 2.24) is 15.5 Å². The van der Waals surface area contributed by atoms with E-state index in [1.807, 2.05) is 19.1 Å². The molecule has 4 rings (SSSR count). The van der Waals surface area contributed by atoms with Crippen molar-refractivity contribution < 1.29 is 9.32 Å². The fraction of sp³-hybridized carbons (Fsp3) is 0.381. The Labute approximate surface area is 152 Å². The summed E-state index contributed by atoms with van der Waals surface area (Å²) in [5.41, 5.74) is 0.354. The van der Waals surface area contributed by atoms with Crippen LogP contribution in [0.4, 0.5) is 0 Å². The fourth-order valence-corrected chi connectivity index (χ4v) is 3.78. The number of nitrogens with zero attached hydrogens (tertiary/aromatic N) is 2. The second-order valence-electron chi connectivity index (χ2n) is 7.91. The third kappa shape index (κ3) is 2.68. The molecule has 1 unspecified atom stereocenters. The first-order valence-corrected chi connectivity index (χ1v) is 9.00. The molecule has 134 valence electrons. The Hall–Kier alpha value is -2.69.